The van der Waals surface area contributed by atoms with Crippen LogP contribution in [0.2, 0.25) is 0 Å². The van der Waals surface area contributed by atoms with Crippen LogP contribution in [0.5, 0.6) is 0 Å². The van der Waals surface area contributed by atoms with E-state index in [9.17, 15) is 0 Å². The zero-order chi connectivity index (χ0) is 39.8. The normalized spacial score (nSPS) is 12.8. The molecule has 2 nitrogen and oxygen atoms in total. The van der Waals surface area contributed by atoms with Crippen LogP contribution >= 0.6 is 22.7 Å². The summed E-state index contributed by atoms with van der Waals surface area (Å²) in [6, 6.07) is 62.7. The fraction of sp³-hybridized carbons (Fsp3) is 0.0545. The quantitative estimate of drug-likeness (QED) is 0.151. The number of thiophene rings is 2. The summed E-state index contributed by atoms with van der Waals surface area (Å²) in [6.45, 7) is 13.0. The monoisotopic (exact) mass is 792 g/mol. The smallest absolute Gasteiger partial charge is 0.0468 e. The molecule has 0 saturated heterocycles. The van der Waals surface area contributed by atoms with Gasteiger partial charge in [0.1, 0.15) is 0 Å². The maximum Gasteiger partial charge on any atom is 0.0468 e. The molecule has 2 aromatic heterocycles. The minimum atomic E-state index is -0.263. The third-order valence-corrected chi connectivity index (χ3v) is 14.4. The molecule has 0 atom stereocenters. The van der Waals surface area contributed by atoms with Crippen molar-refractivity contribution in [3.8, 4) is 11.1 Å². The molecule has 10 aromatic rings. The zero-order valence-electron chi connectivity index (χ0n) is 32.9. The Morgan fingerprint density at radius 3 is 1.24 bits per heavy atom. The lowest BCUT2D eigenvalue weighted by molar-refractivity contribution is 0.660. The van der Waals surface area contributed by atoms with Gasteiger partial charge in [-0.3, -0.25) is 0 Å². The van der Waals surface area contributed by atoms with Crippen molar-refractivity contribution in [3.63, 3.8) is 0 Å². The molecule has 0 amide bonds. The lowest BCUT2D eigenvalue weighted by Gasteiger charge is -2.29. The maximum atomic E-state index is 4.10. The van der Waals surface area contributed by atoms with E-state index < -0.39 is 0 Å². The van der Waals surface area contributed by atoms with Crippen molar-refractivity contribution in [2.75, 3.05) is 9.80 Å². The van der Waals surface area contributed by atoms with Crippen molar-refractivity contribution >= 4 is 109 Å². The Morgan fingerprint density at radius 1 is 0.390 bits per heavy atom. The van der Waals surface area contributed by atoms with E-state index in [4.69, 9.17) is 0 Å². The summed E-state index contributed by atoms with van der Waals surface area (Å²) in [5.74, 6) is 0. The molecule has 4 heteroatoms. The molecule has 282 valence electrons. The number of rotatable bonds is 8. The Kier molecular flexibility index (Phi) is 8.23. The van der Waals surface area contributed by atoms with Gasteiger partial charge in [-0.2, -0.15) is 0 Å². The maximum absolute atomic E-state index is 4.10. The molecule has 0 bridgehead atoms. The topological polar surface area (TPSA) is 6.48 Å². The fourth-order valence-corrected chi connectivity index (χ4v) is 11.3. The van der Waals surface area contributed by atoms with Crippen molar-refractivity contribution < 1.29 is 0 Å². The first kappa shape index (κ1) is 35.4. The predicted molar refractivity (Wildman–Crippen MR) is 259 cm³/mol. The molecule has 0 radical (unpaired) electrons. The second kappa shape index (κ2) is 13.7. The van der Waals surface area contributed by atoms with Crippen LogP contribution in [0.1, 0.15) is 36.1 Å². The first-order chi connectivity index (χ1) is 28.9. The molecule has 8 aromatic carbocycles. The number of anilines is 6. The van der Waals surface area contributed by atoms with Crippen LogP contribution in [0.4, 0.5) is 34.1 Å². The van der Waals surface area contributed by atoms with E-state index in [-0.39, 0.29) is 5.41 Å². The third kappa shape index (κ3) is 5.74. The Bertz CT molecular complexity index is 3100. The molecular weight excluding hydrogens is 753 g/mol. The molecule has 1 aliphatic carbocycles. The SMILES string of the molecule is C=Cc1cccc(N(c2ccc3c(c2)C(C)(C)c2cc(N(c4cccc(C=C)c4)c4ccc5sc6ccccc6c5c4)ccc2-3)c2ccc3sc4ccccc4c3c2)c1. The van der Waals surface area contributed by atoms with Crippen LogP contribution in [-0.2, 0) is 5.41 Å². The zero-order valence-corrected chi connectivity index (χ0v) is 34.6. The summed E-state index contributed by atoms with van der Waals surface area (Å²) in [6.07, 6.45) is 3.85. The first-order valence-electron chi connectivity index (χ1n) is 20.1. The van der Waals surface area contributed by atoms with Crippen LogP contribution in [0.15, 0.2) is 183 Å². The van der Waals surface area contributed by atoms with E-state index in [1.165, 1.54) is 62.6 Å². The highest BCUT2D eigenvalue weighted by Gasteiger charge is 2.37. The molecule has 2 heterocycles. The van der Waals surface area contributed by atoms with Gasteiger partial charge in [-0.1, -0.05) is 112 Å². The van der Waals surface area contributed by atoms with Crippen molar-refractivity contribution in [2.45, 2.75) is 19.3 Å². The molecule has 0 unspecified atom stereocenters. The van der Waals surface area contributed by atoms with Crippen LogP contribution in [0, 0.1) is 0 Å². The van der Waals surface area contributed by atoms with Gasteiger partial charge in [0.25, 0.3) is 0 Å². The summed E-state index contributed by atoms with van der Waals surface area (Å²) in [5, 5.41) is 5.15. The molecular formula is C55H40N2S2. The van der Waals surface area contributed by atoms with E-state index in [1.54, 1.807) is 0 Å². The van der Waals surface area contributed by atoms with Crippen molar-refractivity contribution in [1.29, 1.82) is 0 Å². The standard InChI is InChI=1S/C55H40N2S2/c1-5-35-13-11-15-37(29-35)56(39-23-27-53-47(31-39)45-17-7-9-19-51(45)58-53)41-21-25-43-44-26-22-42(34-50(44)55(3,4)49(43)33-41)57(38-16-12-14-36(6-2)30-38)40-24-28-54-48(32-40)46-18-8-10-20-52(46)59-54/h5-34H,1-2H2,3-4H3. The highest BCUT2D eigenvalue weighted by Crippen LogP contribution is 2.53. The summed E-state index contributed by atoms with van der Waals surface area (Å²) in [7, 11) is 0. The Balaban J connectivity index is 1.05. The third-order valence-electron chi connectivity index (χ3n) is 12.1. The first-order valence-corrected chi connectivity index (χ1v) is 21.7. The molecule has 0 aliphatic heterocycles. The van der Waals surface area contributed by atoms with Crippen molar-refractivity contribution in [2.24, 2.45) is 0 Å². The molecule has 59 heavy (non-hydrogen) atoms. The average molecular weight is 793 g/mol. The summed E-state index contributed by atoms with van der Waals surface area (Å²) in [4.78, 5) is 4.81. The van der Waals surface area contributed by atoms with Gasteiger partial charge in [0.05, 0.1) is 0 Å². The summed E-state index contributed by atoms with van der Waals surface area (Å²) >= 11 is 3.71. The number of hydrogen-bond acceptors (Lipinski definition) is 4. The van der Waals surface area contributed by atoms with Crippen LogP contribution in [-0.4, -0.2) is 0 Å². The minimum absolute atomic E-state index is 0.263. The van der Waals surface area contributed by atoms with E-state index in [0.29, 0.717) is 0 Å². The summed E-state index contributed by atoms with van der Waals surface area (Å²) < 4.78 is 5.21. The summed E-state index contributed by atoms with van der Waals surface area (Å²) in [5.41, 5.74) is 13.8. The van der Waals surface area contributed by atoms with E-state index in [1.807, 2.05) is 34.8 Å². The van der Waals surface area contributed by atoms with Gasteiger partial charge in [-0.15, -0.1) is 22.7 Å². The molecule has 0 fully saturated rings. The minimum Gasteiger partial charge on any atom is -0.310 e. The number of fused-ring (bicyclic) bond motifs is 9. The van der Waals surface area contributed by atoms with Gasteiger partial charge >= 0.3 is 0 Å². The van der Waals surface area contributed by atoms with E-state index in [0.717, 1.165) is 45.3 Å². The molecule has 0 saturated carbocycles. The van der Waals surface area contributed by atoms with Crippen LogP contribution in [0.3, 0.4) is 0 Å². The molecule has 11 rings (SSSR count). The van der Waals surface area contributed by atoms with Crippen LogP contribution in [0.25, 0.3) is 63.6 Å². The van der Waals surface area contributed by atoms with Gasteiger partial charge in [-0.05, 0) is 130 Å². The second-order valence-corrected chi connectivity index (χ2v) is 18.1. The van der Waals surface area contributed by atoms with E-state index in [2.05, 4.69) is 207 Å². The fourth-order valence-electron chi connectivity index (χ4n) is 9.17. The second-order valence-electron chi connectivity index (χ2n) is 15.9. The van der Waals surface area contributed by atoms with E-state index >= 15 is 0 Å². The Morgan fingerprint density at radius 2 is 0.780 bits per heavy atom. The average Bonchev–Trinajstić information content (AvgIpc) is 3.91. The Labute approximate surface area is 352 Å². The molecule has 0 N–H and O–H groups in total. The highest BCUT2D eigenvalue weighted by molar-refractivity contribution is 7.26. The van der Waals surface area contributed by atoms with Gasteiger partial charge in [0, 0.05) is 79.9 Å². The number of benzene rings is 8. The number of hydrogen-bond donors (Lipinski definition) is 0. The van der Waals surface area contributed by atoms with Gasteiger partial charge < -0.3 is 9.80 Å². The van der Waals surface area contributed by atoms with Crippen LogP contribution < -0.4 is 9.80 Å². The Hall–Kier alpha value is -6.72. The molecule has 1 aliphatic rings. The highest BCUT2D eigenvalue weighted by atomic mass is 32.1. The predicted octanol–water partition coefficient (Wildman–Crippen LogP) is 17.0. The van der Waals surface area contributed by atoms with Gasteiger partial charge in [0.2, 0.25) is 0 Å². The largest absolute Gasteiger partial charge is 0.310 e. The number of nitrogens with zero attached hydrogens (tertiary/aromatic N) is 2. The lowest BCUT2D eigenvalue weighted by Crippen LogP contribution is -2.17. The molecule has 0 spiro atoms. The van der Waals surface area contributed by atoms with Crippen molar-refractivity contribution in [3.05, 3.63) is 205 Å². The van der Waals surface area contributed by atoms with Gasteiger partial charge in [0.15, 0.2) is 0 Å². The van der Waals surface area contributed by atoms with Gasteiger partial charge in [-0.25, -0.2) is 0 Å². The van der Waals surface area contributed by atoms with Crippen molar-refractivity contribution in [1.82, 2.24) is 0 Å². The lowest BCUT2D eigenvalue weighted by atomic mass is 9.82.